The van der Waals surface area contributed by atoms with E-state index in [2.05, 4.69) is 10.3 Å². The number of rotatable bonds is 6. The van der Waals surface area contributed by atoms with Gasteiger partial charge < -0.3 is 4.74 Å². The molecule has 0 saturated heterocycles. The number of carbonyl (C=O) groups excluding carboxylic acids is 2. The number of hydrogen-bond donors (Lipinski definition) is 1. The molecule has 0 atom stereocenters. The van der Waals surface area contributed by atoms with E-state index in [0.29, 0.717) is 40.2 Å². The average molecular weight is 513 g/mol. The molecule has 1 aromatic heterocycles. The van der Waals surface area contributed by atoms with E-state index in [1.807, 2.05) is 6.07 Å². The zero-order valence-electron chi connectivity index (χ0n) is 17.4. The van der Waals surface area contributed by atoms with Crippen LogP contribution in [0.5, 0.6) is 5.75 Å². The Bertz CT molecular complexity index is 1200. The van der Waals surface area contributed by atoms with Gasteiger partial charge in [0.2, 0.25) is 5.91 Å². The lowest BCUT2D eigenvalue weighted by atomic mass is 9.82. The predicted molar refractivity (Wildman–Crippen MR) is 124 cm³/mol. The summed E-state index contributed by atoms with van der Waals surface area (Å²) in [6.07, 6.45) is 2.72. The first-order chi connectivity index (χ1) is 15.9. The van der Waals surface area contributed by atoms with Gasteiger partial charge in [-0.25, -0.2) is 13.8 Å². The molecule has 1 heterocycles. The second-order valence-electron chi connectivity index (χ2n) is 7.93. The van der Waals surface area contributed by atoms with Gasteiger partial charge in [-0.2, -0.15) is 0 Å². The fourth-order valence-electron chi connectivity index (χ4n) is 3.86. The van der Waals surface area contributed by atoms with E-state index in [1.165, 1.54) is 11.3 Å². The van der Waals surface area contributed by atoms with Crippen LogP contribution in [0.3, 0.4) is 0 Å². The summed E-state index contributed by atoms with van der Waals surface area (Å²) in [7, 11) is 0. The Labute approximate surface area is 203 Å². The van der Waals surface area contributed by atoms with Crippen LogP contribution in [0.2, 0.25) is 5.02 Å². The maximum absolute atomic E-state index is 14.9. The highest BCUT2D eigenvalue weighted by Crippen LogP contribution is 2.31. The zero-order chi connectivity index (χ0) is 23.5. The molecule has 0 unspecified atom stereocenters. The van der Waals surface area contributed by atoms with E-state index in [9.17, 15) is 18.4 Å². The molecule has 5 nitrogen and oxygen atoms in total. The van der Waals surface area contributed by atoms with Gasteiger partial charge in [-0.05, 0) is 61.9 Å². The molecule has 1 aliphatic carbocycles. The molecule has 0 aliphatic heterocycles. The average Bonchev–Trinajstić information content (AvgIpc) is 3.20. The van der Waals surface area contributed by atoms with Crippen molar-refractivity contribution in [2.45, 2.75) is 32.3 Å². The van der Waals surface area contributed by atoms with Crippen molar-refractivity contribution in [3.05, 3.63) is 57.6 Å². The number of alkyl halides is 1. The van der Waals surface area contributed by atoms with Gasteiger partial charge in [0.05, 0.1) is 10.2 Å². The highest BCUT2D eigenvalue weighted by molar-refractivity contribution is 7.18. The molecule has 3 aromatic rings. The topological polar surface area (TPSA) is 68.3 Å². The van der Waals surface area contributed by atoms with Crippen LogP contribution in [0.15, 0.2) is 30.3 Å². The van der Waals surface area contributed by atoms with Gasteiger partial charge in [0, 0.05) is 16.8 Å². The van der Waals surface area contributed by atoms with Crippen LogP contribution in [0.1, 0.15) is 41.0 Å². The Kier molecular flexibility index (Phi) is 7.46. The monoisotopic (exact) mass is 512 g/mol. The van der Waals surface area contributed by atoms with Crippen molar-refractivity contribution in [1.29, 1.82) is 0 Å². The minimum absolute atomic E-state index is 0.0800. The number of amides is 2. The molecule has 0 spiro atoms. The third kappa shape index (κ3) is 5.45. The van der Waals surface area contributed by atoms with Crippen LogP contribution in [-0.2, 0) is 11.4 Å². The van der Waals surface area contributed by atoms with E-state index in [0.717, 1.165) is 29.7 Å². The van der Waals surface area contributed by atoms with Gasteiger partial charge in [0.25, 0.3) is 5.91 Å². The number of thiazole rings is 1. The molecule has 1 aliphatic rings. The third-order valence-electron chi connectivity index (χ3n) is 5.70. The summed E-state index contributed by atoms with van der Waals surface area (Å²) in [5.74, 6) is -3.73. The van der Waals surface area contributed by atoms with Crippen LogP contribution < -0.4 is 10.1 Å². The minimum Gasteiger partial charge on any atom is -0.483 e. The van der Waals surface area contributed by atoms with Crippen molar-refractivity contribution >= 4 is 56.6 Å². The maximum atomic E-state index is 14.9. The molecule has 1 saturated carbocycles. The third-order valence-corrected chi connectivity index (χ3v) is 7.38. The van der Waals surface area contributed by atoms with Crippen molar-refractivity contribution in [2.75, 3.05) is 5.88 Å². The zero-order valence-corrected chi connectivity index (χ0v) is 19.7. The molecule has 10 heteroatoms. The van der Waals surface area contributed by atoms with Crippen molar-refractivity contribution in [2.24, 2.45) is 11.8 Å². The summed E-state index contributed by atoms with van der Waals surface area (Å²) in [5.41, 5.74) is -0.171. The Hall–Kier alpha value is -2.29. The fourth-order valence-corrected chi connectivity index (χ4v) is 5.19. The first-order valence-corrected chi connectivity index (χ1v) is 12.2. The van der Waals surface area contributed by atoms with Gasteiger partial charge in [-0.1, -0.05) is 11.6 Å². The van der Waals surface area contributed by atoms with Gasteiger partial charge >= 0.3 is 0 Å². The normalized spacial score (nSPS) is 18.3. The molecule has 174 valence electrons. The van der Waals surface area contributed by atoms with Crippen LogP contribution >= 0.6 is 34.5 Å². The van der Waals surface area contributed by atoms with Crippen LogP contribution in [-0.4, -0.2) is 22.7 Å². The molecule has 33 heavy (non-hydrogen) atoms. The standard InChI is InChI=1S/C23H20Cl2F2N2O3S/c24-10-12-1-3-13(4-2-12)22(30)29-23(31)20-15(26)6-7-17(21(20)27)32-11-19-28-16-9-14(25)5-8-18(16)33-19/h5-9,12-13H,1-4,10-11H2,(H,29,30,31). The van der Waals surface area contributed by atoms with Gasteiger partial charge in [-0.15, -0.1) is 22.9 Å². The summed E-state index contributed by atoms with van der Waals surface area (Å²) >= 11 is 13.2. The molecule has 0 bridgehead atoms. The minimum atomic E-state index is -1.17. The maximum Gasteiger partial charge on any atom is 0.263 e. The highest BCUT2D eigenvalue weighted by Gasteiger charge is 2.29. The van der Waals surface area contributed by atoms with Gasteiger partial charge in [0.1, 0.15) is 23.0 Å². The quantitative estimate of drug-likeness (QED) is 0.319. The molecule has 0 radical (unpaired) electrons. The summed E-state index contributed by atoms with van der Waals surface area (Å²) in [6.45, 7) is -0.0800. The molecule has 2 amide bonds. The number of aromatic nitrogens is 1. The molecule has 4 rings (SSSR count). The molecular formula is C23H20Cl2F2N2O3S. The fraction of sp³-hybridized carbons (Fsp3) is 0.348. The number of nitrogens with one attached hydrogen (secondary N) is 1. The lowest BCUT2D eigenvalue weighted by molar-refractivity contribution is -0.125. The number of benzene rings is 2. The lowest BCUT2D eigenvalue weighted by Gasteiger charge is -2.26. The Morgan fingerprint density at radius 2 is 1.91 bits per heavy atom. The summed E-state index contributed by atoms with van der Waals surface area (Å²) in [6, 6.07) is 7.29. The molecule has 2 aromatic carbocycles. The smallest absolute Gasteiger partial charge is 0.263 e. The Morgan fingerprint density at radius 1 is 1.15 bits per heavy atom. The van der Waals surface area contributed by atoms with Crippen molar-refractivity contribution in [3.63, 3.8) is 0 Å². The summed E-state index contributed by atoms with van der Waals surface area (Å²) in [4.78, 5) is 29.3. The van der Waals surface area contributed by atoms with E-state index >= 15 is 0 Å². The van der Waals surface area contributed by atoms with Crippen molar-refractivity contribution in [3.8, 4) is 5.75 Å². The van der Waals surface area contributed by atoms with Gasteiger partial charge in [-0.3, -0.25) is 14.9 Å². The number of fused-ring (bicyclic) bond motifs is 1. The predicted octanol–water partition coefficient (Wildman–Crippen LogP) is 6.11. The lowest BCUT2D eigenvalue weighted by Crippen LogP contribution is -2.38. The molecular weight excluding hydrogens is 493 g/mol. The number of carbonyl (C=O) groups is 2. The Balaban J connectivity index is 1.44. The SMILES string of the molecule is O=C(NC(=O)C1CCC(CCl)CC1)c1c(F)ccc(OCc2nc3cc(Cl)ccc3s2)c1F. The second-order valence-corrected chi connectivity index (χ2v) is 9.79. The highest BCUT2D eigenvalue weighted by atomic mass is 35.5. The Morgan fingerprint density at radius 3 is 2.64 bits per heavy atom. The molecule has 1 fully saturated rings. The van der Waals surface area contributed by atoms with Crippen LogP contribution in [0.25, 0.3) is 10.2 Å². The number of halogens is 4. The number of nitrogens with zero attached hydrogens (tertiary/aromatic N) is 1. The van der Waals surface area contributed by atoms with Gasteiger partial charge in [0.15, 0.2) is 11.6 Å². The number of imide groups is 1. The summed E-state index contributed by atoms with van der Waals surface area (Å²) in [5, 5.41) is 3.24. The number of hydrogen-bond acceptors (Lipinski definition) is 5. The first kappa shape index (κ1) is 23.9. The first-order valence-electron chi connectivity index (χ1n) is 10.4. The van der Waals surface area contributed by atoms with Crippen LogP contribution in [0.4, 0.5) is 8.78 Å². The van der Waals surface area contributed by atoms with E-state index < -0.39 is 29.0 Å². The largest absolute Gasteiger partial charge is 0.483 e. The van der Waals surface area contributed by atoms with Crippen molar-refractivity contribution in [1.82, 2.24) is 10.3 Å². The van der Waals surface area contributed by atoms with E-state index in [1.54, 1.807) is 12.1 Å². The number of ether oxygens (including phenoxy) is 1. The van der Waals surface area contributed by atoms with E-state index in [-0.39, 0.29) is 18.3 Å². The van der Waals surface area contributed by atoms with Crippen LogP contribution in [0, 0.1) is 23.5 Å². The van der Waals surface area contributed by atoms with E-state index in [4.69, 9.17) is 27.9 Å². The summed E-state index contributed by atoms with van der Waals surface area (Å²) < 4.78 is 35.6. The molecule has 1 N–H and O–H groups in total. The van der Waals surface area contributed by atoms with Crippen molar-refractivity contribution < 1.29 is 23.1 Å². The second kappa shape index (κ2) is 10.3.